The third-order valence-corrected chi connectivity index (χ3v) is 4.06. The standard InChI is InChI=1S/C12H18FNOS/c1-8(2)12(3,15)7-16-9-4-5-11(14)10(13)6-9/h4-6,8,15H,7,14H2,1-3H3. The van der Waals surface area contributed by atoms with Gasteiger partial charge in [-0.2, -0.15) is 0 Å². The number of hydrogen-bond acceptors (Lipinski definition) is 3. The molecule has 2 nitrogen and oxygen atoms in total. The molecule has 0 heterocycles. The molecule has 1 aromatic rings. The summed E-state index contributed by atoms with van der Waals surface area (Å²) >= 11 is 1.43. The molecule has 0 spiro atoms. The summed E-state index contributed by atoms with van der Waals surface area (Å²) in [4.78, 5) is 0.785. The highest BCUT2D eigenvalue weighted by Crippen LogP contribution is 2.28. The third-order valence-electron chi connectivity index (χ3n) is 2.75. The zero-order valence-corrected chi connectivity index (χ0v) is 10.6. The molecule has 0 fully saturated rings. The van der Waals surface area contributed by atoms with Gasteiger partial charge >= 0.3 is 0 Å². The maximum absolute atomic E-state index is 13.2. The Hall–Kier alpha value is -0.740. The Morgan fingerprint density at radius 3 is 2.62 bits per heavy atom. The van der Waals surface area contributed by atoms with Gasteiger partial charge in [-0.1, -0.05) is 13.8 Å². The maximum Gasteiger partial charge on any atom is 0.147 e. The molecule has 0 bridgehead atoms. The van der Waals surface area contributed by atoms with Gasteiger partial charge in [-0.05, 0) is 31.0 Å². The summed E-state index contributed by atoms with van der Waals surface area (Å²) in [6.45, 7) is 5.71. The summed E-state index contributed by atoms with van der Waals surface area (Å²) in [5.41, 5.74) is 4.79. The number of aliphatic hydroxyl groups is 1. The molecule has 4 heteroatoms. The highest BCUT2D eigenvalue weighted by molar-refractivity contribution is 7.99. The van der Waals surface area contributed by atoms with Gasteiger partial charge in [0.2, 0.25) is 0 Å². The minimum absolute atomic E-state index is 0.153. The molecule has 0 aliphatic rings. The smallest absolute Gasteiger partial charge is 0.147 e. The average molecular weight is 243 g/mol. The van der Waals surface area contributed by atoms with Crippen molar-refractivity contribution in [2.45, 2.75) is 31.3 Å². The van der Waals surface area contributed by atoms with E-state index < -0.39 is 11.4 Å². The number of benzene rings is 1. The zero-order chi connectivity index (χ0) is 12.3. The SMILES string of the molecule is CC(C)C(C)(O)CSc1ccc(N)c(F)c1. The van der Waals surface area contributed by atoms with Crippen molar-refractivity contribution in [3.05, 3.63) is 24.0 Å². The van der Waals surface area contributed by atoms with Crippen LogP contribution in [0.25, 0.3) is 0 Å². The molecule has 0 aliphatic heterocycles. The normalized spacial score (nSPS) is 15.1. The van der Waals surface area contributed by atoms with Gasteiger partial charge in [-0.25, -0.2) is 4.39 Å². The molecule has 3 N–H and O–H groups in total. The lowest BCUT2D eigenvalue weighted by molar-refractivity contribution is 0.0376. The van der Waals surface area contributed by atoms with Gasteiger partial charge in [-0.15, -0.1) is 11.8 Å². The first kappa shape index (κ1) is 13.3. The Kier molecular flexibility index (Phi) is 4.21. The Bertz CT molecular complexity index is 366. The Balaban J connectivity index is 2.65. The fraction of sp³-hybridized carbons (Fsp3) is 0.500. The quantitative estimate of drug-likeness (QED) is 0.631. The molecule has 1 atom stereocenters. The molecule has 0 radical (unpaired) electrons. The molecule has 1 aromatic carbocycles. The number of nitrogen functional groups attached to an aromatic ring is 1. The maximum atomic E-state index is 13.2. The molecule has 0 amide bonds. The first-order chi connectivity index (χ1) is 7.33. The summed E-state index contributed by atoms with van der Waals surface area (Å²) in [5.74, 6) is 0.293. The summed E-state index contributed by atoms with van der Waals surface area (Å²) in [6.07, 6.45) is 0. The van der Waals surface area contributed by atoms with Crippen molar-refractivity contribution < 1.29 is 9.50 Å². The van der Waals surface area contributed by atoms with Crippen LogP contribution in [0.5, 0.6) is 0 Å². The molecule has 0 aromatic heterocycles. The lowest BCUT2D eigenvalue weighted by Crippen LogP contribution is -2.33. The van der Waals surface area contributed by atoms with Gasteiger partial charge in [-0.3, -0.25) is 0 Å². The highest BCUT2D eigenvalue weighted by atomic mass is 32.2. The fourth-order valence-corrected chi connectivity index (χ4v) is 2.14. The topological polar surface area (TPSA) is 46.2 Å². The van der Waals surface area contributed by atoms with E-state index in [1.54, 1.807) is 19.1 Å². The van der Waals surface area contributed by atoms with Crippen molar-refractivity contribution in [1.82, 2.24) is 0 Å². The summed E-state index contributed by atoms with van der Waals surface area (Å²) < 4.78 is 13.2. The number of halogens is 1. The van der Waals surface area contributed by atoms with E-state index in [0.717, 1.165) is 4.90 Å². The van der Waals surface area contributed by atoms with Crippen molar-refractivity contribution in [2.75, 3.05) is 11.5 Å². The first-order valence-corrected chi connectivity index (χ1v) is 6.21. The predicted molar refractivity (Wildman–Crippen MR) is 67.0 cm³/mol. The third kappa shape index (κ3) is 3.39. The van der Waals surface area contributed by atoms with Crippen LogP contribution in [-0.4, -0.2) is 16.5 Å². The van der Waals surface area contributed by atoms with E-state index in [4.69, 9.17) is 5.73 Å². The molecule has 0 saturated heterocycles. The minimum atomic E-state index is -0.747. The van der Waals surface area contributed by atoms with Crippen LogP contribution >= 0.6 is 11.8 Å². The monoisotopic (exact) mass is 243 g/mol. The van der Waals surface area contributed by atoms with Gasteiger partial charge < -0.3 is 10.8 Å². The van der Waals surface area contributed by atoms with Crippen molar-refractivity contribution in [3.8, 4) is 0 Å². The molecule has 90 valence electrons. The summed E-state index contributed by atoms with van der Waals surface area (Å²) in [6, 6.07) is 4.71. The Morgan fingerprint density at radius 1 is 1.50 bits per heavy atom. The molecule has 0 saturated carbocycles. The second-order valence-electron chi connectivity index (χ2n) is 4.48. The van der Waals surface area contributed by atoms with E-state index in [0.29, 0.717) is 5.75 Å². The van der Waals surface area contributed by atoms with Gasteiger partial charge in [0.1, 0.15) is 5.82 Å². The molecular weight excluding hydrogens is 225 g/mol. The van der Waals surface area contributed by atoms with Crippen LogP contribution in [0.3, 0.4) is 0 Å². The number of thioether (sulfide) groups is 1. The number of hydrogen-bond donors (Lipinski definition) is 2. The average Bonchev–Trinajstić information content (AvgIpc) is 2.20. The van der Waals surface area contributed by atoms with Crippen LogP contribution < -0.4 is 5.73 Å². The van der Waals surface area contributed by atoms with Gasteiger partial charge in [0.15, 0.2) is 0 Å². The fourth-order valence-electron chi connectivity index (χ4n) is 0.994. The Labute approximate surface area is 100 Å². The lowest BCUT2D eigenvalue weighted by atomic mass is 9.95. The minimum Gasteiger partial charge on any atom is -0.396 e. The molecule has 1 rings (SSSR count). The van der Waals surface area contributed by atoms with Crippen LogP contribution in [0.15, 0.2) is 23.1 Å². The van der Waals surface area contributed by atoms with Crippen LogP contribution in [0.2, 0.25) is 0 Å². The number of nitrogens with two attached hydrogens (primary N) is 1. The van der Waals surface area contributed by atoms with E-state index in [1.807, 2.05) is 13.8 Å². The zero-order valence-electron chi connectivity index (χ0n) is 9.83. The van der Waals surface area contributed by atoms with E-state index in [1.165, 1.54) is 17.8 Å². The van der Waals surface area contributed by atoms with Crippen molar-refractivity contribution in [1.29, 1.82) is 0 Å². The summed E-state index contributed by atoms with van der Waals surface area (Å²) in [5, 5.41) is 10.0. The van der Waals surface area contributed by atoms with Crippen LogP contribution in [-0.2, 0) is 0 Å². The van der Waals surface area contributed by atoms with Crippen molar-refractivity contribution in [3.63, 3.8) is 0 Å². The van der Waals surface area contributed by atoms with Crippen molar-refractivity contribution in [2.24, 2.45) is 5.92 Å². The van der Waals surface area contributed by atoms with Crippen LogP contribution in [0.4, 0.5) is 10.1 Å². The van der Waals surface area contributed by atoms with Gasteiger partial charge in [0.25, 0.3) is 0 Å². The summed E-state index contributed by atoms with van der Waals surface area (Å²) in [7, 11) is 0. The Morgan fingerprint density at radius 2 is 2.12 bits per heavy atom. The predicted octanol–water partition coefficient (Wildman–Crippen LogP) is 2.91. The molecule has 16 heavy (non-hydrogen) atoms. The van der Waals surface area contributed by atoms with E-state index in [-0.39, 0.29) is 11.6 Å². The van der Waals surface area contributed by atoms with E-state index in [9.17, 15) is 9.50 Å². The highest BCUT2D eigenvalue weighted by Gasteiger charge is 2.24. The second kappa shape index (κ2) is 5.06. The molecule has 1 unspecified atom stereocenters. The second-order valence-corrected chi connectivity index (χ2v) is 5.53. The van der Waals surface area contributed by atoms with E-state index in [2.05, 4.69) is 0 Å². The van der Waals surface area contributed by atoms with Crippen LogP contribution in [0, 0.1) is 11.7 Å². The number of anilines is 1. The van der Waals surface area contributed by atoms with Crippen molar-refractivity contribution >= 4 is 17.4 Å². The number of rotatable bonds is 4. The van der Waals surface area contributed by atoms with E-state index >= 15 is 0 Å². The first-order valence-electron chi connectivity index (χ1n) is 5.23. The van der Waals surface area contributed by atoms with Gasteiger partial charge in [0.05, 0.1) is 11.3 Å². The van der Waals surface area contributed by atoms with Crippen LogP contribution in [0.1, 0.15) is 20.8 Å². The van der Waals surface area contributed by atoms with Gasteiger partial charge in [0, 0.05) is 10.6 Å². The lowest BCUT2D eigenvalue weighted by Gasteiger charge is -2.27. The molecule has 0 aliphatic carbocycles. The largest absolute Gasteiger partial charge is 0.396 e. The molecular formula is C12H18FNOS.